The van der Waals surface area contributed by atoms with E-state index in [0.717, 1.165) is 57.8 Å². The molecule has 176 valence electrons. The van der Waals surface area contributed by atoms with Crippen LogP contribution in [0.2, 0.25) is 0 Å². The van der Waals surface area contributed by atoms with Crippen molar-refractivity contribution in [3.05, 3.63) is 0 Å². The third-order valence-corrected chi connectivity index (χ3v) is 6.39. The Morgan fingerprint density at radius 2 is 0.867 bits per heavy atom. The van der Waals surface area contributed by atoms with Crippen LogP contribution in [0.5, 0.6) is 0 Å². The van der Waals surface area contributed by atoms with Gasteiger partial charge in [0.15, 0.2) is 11.6 Å². The molecular weight excluding hydrogens is 372 g/mol. The van der Waals surface area contributed by atoms with Crippen molar-refractivity contribution in [2.45, 2.75) is 149 Å². The summed E-state index contributed by atoms with van der Waals surface area (Å²) in [6.07, 6.45) is 20.3. The van der Waals surface area contributed by atoms with E-state index in [-0.39, 0.29) is 11.6 Å². The number of Topliss-reactive ketones (excluding diaryl/α,β-unsaturated/α-hetero) is 2. The summed E-state index contributed by atoms with van der Waals surface area (Å²) in [6, 6.07) is 0. The van der Waals surface area contributed by atoms with Crippen LogP contribution in [0.1, 0.15) is 149 Å². The Labute approximate surface area is 187 Å². The Kier molecular flexibility index (Phi) is 19.3. The molecule has 30 heavy (non-hydrogen) atoms. The number of rotatable bonds is 23. The molecule has 0 aromatic rings. The lowest BCUT2D eigenvalue weighted by atomic mass is 9.73. The quantitative estimate of drug-likeness (QED) is 0.0947. The van der Waals surface area contributed by atoms with Gasteiger partial charge < -0.3 is 4.79 Å². The van der Waals surface area contributed by atoms with Crippen molar-refractivity contribution in [3.63, 3.8) is 0 Å². The standard InChI is InChI=1S/C27H50O3/c1-4-7-10-13-16-19-22-26(30)27(24-28,23-20-17-14-11-8-5-2)25(29)21-18-15-12-9-6-3/h24H,4-23H2,1-3H3. The van der Waals surface area contributed by atoms with Gasteiger partial charge in [0.25, 0.3) is 0 Å². The van der Waals surface area contributed by atoms with Crippen LogP contribution in [-0.4, -0.2) is 17.9 Å². The molecule has 0 aromatic carbocycles. The average molecular weight is 423 g/mol. The summed E-state index contributed by atoms with van der Waals surface area (Å²) in [7, 11) is 0. The van der Waals surface area contributed by atoms with Crippen molar-refractivity contribution >= 4 is 17.9 Å². The first-order valence-corrected chi connectivity index (χ1v) is 13.1. The van der Waals surface area contributed by atoms with Gasteiger partial charge in [-0.25, -0.2) is 0 Å². The Balaban J connectivity index is 4.77. The molecule has 0 aromatic heterocycles. The van der Waals surface area contributed by atoms with E-state index >= 15 is 0 Å². The number of aldehydes is 1. The van der Waals surface area contributed by atoms with Crippen LogP contribution in [0.25, 0.3) is 0 Å². The van der Waals surface area contributed by atoms with Crippen molar-refractivity contribution in [1.29, 1.82) is 0 Å². The van der Waals surface area contributed by atoms with Crippen molar-refractivity contribution in [2.24, 2.45) is 5.41 Å². The highest BCUT2D eigenvalue weighted by Crippen LogP contribution is 2.30. The minimum atomic E-state index is -1.36. The molecule has 0 N–H and O–H groups in total. The Morgan fingerprint density at radius 3 is 1.23 bits per heavy atom. The number of hydrogen-bond donors (Lipinski definition) is 0. The van der Waals surface area contributed by atoms with Gasteiger partial charge in [0.05, 0.1) is 0 Å². The minimum Gasteiger partial charge on any atom is -0.302 e. The Morgan fingerprint density at radius 1 is 0.533 bits per heavy atom. The fraction of sp³-hybridized carbons (Fsp3) is 0.889. The van der Waals surface area contributed by atoms with E-state index in [9.17, 15) is 14.4 Å². The highest BCUT2D eigenvalue weighted by molar-refractivity contribution is 6.18. The van der Waals surface area contributed by atoms with Crippen LogP contribution in [0.4, 0.5) is 0 Å². The van der Waals surface area contributed by atoms with E-state index in [0.29, 0.717) is 25.5 Å². The second-order valence-corrected chi connectivity index (χ2v) is 9.14. The average Bonchev–Trinajstić information content (AvgIpc) is 2.75. The molecule has 1 unspecified atom stereocenters. The van der Waals surface area contributed by atoms with Gasteiger partial charge >= 0.3 is 0 Å². The zero-order valence-electron chi connectivity index (χ0n) is 20.4. The van der Waals surface area contributed by atoms with Crippen molar-refractivity contribution in [1.82, 2.24) is 0 Å². The predicted octanol–water partition coefficient (Wildman–Crippen LogP) is 8.17. The molecule has 0 spiro atoms. The van der Waals surface area contributed by atoms with Gasteiger partial charge in [-0.2, -0.15) is 0 Å². The maximum Gasteiger partial charge on any atom is 0.153 e. The smallest absolute Gasteiger partial charge is 0.153 e. The van der Waals surface area contributed by atoms with E-state index in [1.165, 1.54) is 51.4 Å². The third kappa shape index (κ3) is 12.6. The Bertz CT molecular complexity index is 443. The van der Waals surface area contributed by atoms with E-state index in [1.54, 1.807) is 0 Å². The highest BCUT2D eigenvalue weighted by atomic mass is 16.2. The van der Waals surface area contributed by atoms with Crippen LogP contribution in [0, 0.1) is 5.41 Å². The van der Waals surface area contributed by atoms with Crippen molar-refractivity contribution in [3.8, 4) is 0 Å². The minimum absolute atomic E-state index is 0.111. The fourth-order valence-corrected chi connectivity index (χ4v) is 4.21. The van der Waals surface area contributed by atoms with Crippen LogP contribution >= 0.6 is 0 Å². The molecule has 0 aliphatic carbocycles. The molecule has 0 heterocycles. The van der Waals surface area contributed by atoms with E-state index in [1.807, 2.05) is 0 Å². The summed E-state index contributed by atoms with van der Waals surface area (Å²) in [6.45, 7) is 6.56. The van der Waals surface area contributed by atoms with Crippen LogP contribution in [0.15, 0.2) is 0 Å². The van der Waals surface area contributed by atoms with Gasteiger partial charge in [-0.3, -0.25) is 9.59 Å². The zero-order valence-corrected chi connectivity index (χ0v) is 20.4. The lowest BCUT2D eigenvalue weighted by molar-refractivity contribution is -0.145. The molecular formula is C27H50O3. The summed E-state index contributed by atoms with van der Waals surface area (Å²) in [5, 5.41) is 0. The zero-order chi connectivity index (χ0) is 22.5. The van der Waals surface area contributed by atoms with Crippen LogP contribution < -0.4 is 0 Å². The molecule has 0 aliphatic rings. The summed E-state index contributed by atoms with van der Waals surface area (Å²) >= 11 is 0. The summed E-state index contributed by atoms with van der Waals surface area (Å²) in [5.41, 5.74) is -1.36. The lowest BCUT2D eigenvalue weighted by Crippen LogP contribution is -2.41. The maximum absolute atomic E-state index is 13.1. The molecule has 0 saturated carbocycles. The monoisotopic (exact) mass is 422 g/mol. The van der Waals surface area contributed by atoms with Crippen LogP contribution in [-0.2, 0) is 14.4 Å². The fourth-order valence-electron chi connectivity index (χ4n) is 4.21. The van der Waals surface area contributed by atoms with Gasteiger partial charge in [-0.1, -0.05) is 117 Å². The number of carbonyl (C=O) groups is 3. The second-order valence-electron chi connectivity index (χ2n) is 9.14. The number of carbonyl (C=O) groups excluding carboxylic acids is 3. The molecule has 3 nitrogen and oxygen atoms in total. The molecule has 0 aliphatic heterocycles. The molecule has 0 rings (SSSR count). The van der Waals surface area contributed by atoms with Crippen molar-refractivity contribution < 1.29 is 14.4 Å². The summed E-state index contributed by atoms with van der Waals surface area (Å²) in [5.74, 6) is -0.223. The normalized spacial score (nSPS) is 13.2. The van der Waals surface area contributed by atoms with Gasteiger partial charge in [-0.15, -0.1) is 0 Å². The second kappa shape index (κ2) is 19.9. The van der Waals surface area contributed by atoms with E-state index in [2.05, 4.69) is 20.8 Å². The van der Waals surface area contributed by atoms with Crippen molar-refractivity contribution in [2.75, 3.05) is 0 Å². The molecule has 0 radical (unpaired) electrons. The van der Waals surface area contributed by atoms with Gasteiger partial charge in [0.1, 0.15) is 11.7 Å². The number of unbranched alkanes of at least 4 members (excludes halogenated alkanes) is 14. The first-order chi connectivity index (χ1) is 14.6. The molecule has 0 amide bonds. The molecule has 1 atom stereocenters. The number of ketones is 2. The lowest BCUT2D eigenvalue weighted by Gasteiger charge is -2.25. The largest absolute Gasteiger partial charge is 0.302 e. The molecule has 0 saturated heterocycles. The topological polar surface area (TPSA) is 51.2 Å². The molecule has 0 fully saturated rings. The third-order valence-electron chi connectivity index (χ3n) is 6.39. The maximum atomic E-state index is 13.1. The molecule has 0 bridgehead atoms. The van der Waals surface area contributed by atoms with Crippen LogP contribution in [0.3, 0.4) is 0 Å². The van der Waals surface area contributed by atoms with Gasteiger partial charge in [-0.05, 0) is 19.3 Å². The molecule has 3 heteroatoms. The first kappa shape index (κ1) is 29.0. The van der Waals surface area contributed by atoms with E-state index in [4.69, 9.17) is 0 Å². The Hall–Kier alpha value is -0.990. The highest BCUT2D eigenvalue weighted by Gasteiger charge is 2.43. The first-order valence-electron chi connectivity index (χ1n) is 13.1. The summed E-state index contributed by atoms with van der Waals surface area (Å²) < 4.78 is 0. The van der Waals surface area contributed by atoms with Gasteiger partial charge in [0, 0.05) is 12.8 Å². The SMILES string of the molecule is CCCCCCCCC(=O)C(C=O)(CCCCCCCC)C(=O)CCCCCCC. The predicted molar refractivity (Wildman–Crippen MR) is 128 cm³/mol. The number of hydrogen-bond acceptors (Lipinski definition) is 3. The summed E-state index contributed by atoms with van der Waals surface area (Å²) in [4.78, 5) is 38.3. The van der Waals surface area contributed by atoms with Gasteiger partial charge in [0.2, 0.25) is 0 Å². The van der Waals surface area contributed by atoms with E-state index < -0.39 is 5.41 Å².